The van der Waals surface area contributed by atoms with Crippen molar-refractivity contribution in [3.63, 3.8) is 0 Å². The van der Waals surface area contributed by atoms with Crippen molar-refractivity contribution in [3.8, 4) is 16.9 Å². The minimum atomic E-state index is -4.32. The summed E-state index contributed by atoms with van der Waals surface area (Å²) in [7, 11) is 0. The standard InChI is InChI=1S/C19H20F3O/c1-13-8-7-9-14(2)17(13)15-10-5-6-11-16(15)23-12-18(3,4)19(20,21)22/h5-9,11H,12H2,1-4H3. The van der Waals surface area contributed by atoms with E-state index in [2.05, 4.69) is 6.07 Å². The molecule has 0 aliphatic carbocycles. The molecule has 0 unspecified atom stereocenters. The first-order valence-corrected chi connectivity index (χ1v) is 7.40. The van der Waals surface area contributed by atoms with E-state index in [4.69, 9.17) is 4.74 Å². The van der Waals surface area contributed by atoms with Gasteiger partial charge in [0.1, 0.15) is 12.4 Å². The van der Waals surface area contributed by atoms with Crippen LogP contribution in [0.4, 0.5) is 13.2 Å². The van der Waals surface area contributed by atoms with Crippen LogP contribution in [0.15, 0.2) is 36.4 Å². The van der Waals surface area contributed by atoms with E-state index < -0.39 is 18.2 Å². The van der Waals surface area contributed by atoms with Gasteiger partial charge in [0.25, 0.3) is 0 Å². The second-order valence-electron chi connectivity index (χ2n) is 6.35. The number of ether oxygens (including phenoxy) is 1. The lowest BCUT2D eigenvalue weighted by Crippen LogP contribution is -2.37. The van der Waals surface area contributed by atoms with E-state index in [-0.39, 0.29) is 0 Å². The molecule has 123 valence electrons. The van der Waals surface area contributed by atoms with Crippen LogP contribution in [0.1, 0.15) is 25.0 Å². The van der Waals surface area contributed by atoms with Gasteiger partial charge >= 0.3 is 6.18 Å². The van der Waals surface area contributed by atoms with Crippen molar-refractivity contribution in [3.05, 3.63) is 53.6 Å². The molecule has 4 heteroatoms. The summed E-state index contributed by atoms with van der Waals surface area (Å²) in [6.07, 6.45) is -4.32. The van der Waals surface area contributed by atoms with Crippen molar-refractivity contribution >= 4 is 0 Å². The molecule has 1 radical (unpaired) electrons. The molecular formula is C19H20F3O. The lowest BCUT2D eigenvalue weighted by atomic mass is 9.93. The number of benzene rings is 2. The van der Waals surface area contributed by atoms with Crippen molar-refractivity contribution in [1.29, 1.82) is 0 Å². The number of halogens is 3. The van der Waals surface area contributed by atoms with Gasteiger partial charge in [-0.05, 0) is 56.5 Å². The molecule has 0 spiro atoms. The first kappa shape index (κ1) is 17.4. The predicted molar refractivity (Wildman–Crippen MR) is 85.5 cm³/mol. The smallest absolute Gasteiger partial charge is 0.397 e. The highest BCUT2D eigenvalue weighted by molar-refractivity contribution is 5.75. The summed E-state index contributed by atoms with van der Waals surface area (Å²) < 4.78 is 44.5. The Kier molecular flexibility index (Phi) is 4.73. The van der Waals surface area contributed by atoms with Crippen molar-refractivity contribution in [2.75, 3.05) is 6.61 Å². The van der Waals surface area contributed by atoms with E-state index in [0.29, 0.717) is 11.3 Å². The predicted octanol–water partition coefficient (Wildman–Crippen LogP) is 5.74. The van der Waals surface area contributed by atoms with Gasteiger partial charge in [-0.2, -0.15) is 13.2 Å². The molecule has 0 aromatic heterocycles. The molecule has 2 rings (SSSR count). The molecule has 2 aromatic carbocycles. The quantitative estimate of drug-likeness (QED) is 0.698. The lowest BCUT2D eigenvalue weighted by Gasteiger charge is -2.28. The Morgan fingerprint density at radius 1 is 1.00 bits per heavy atom. The molecule has 2 aromatic rings. The summed E-state index contributed by atoms with van der Waals surface area (Å²) in [6, 6.07) is 14.1. The average Bonchev–Trinajstić information content (AvgIpc) is 2.45. The number of alkyl halides is 3. The monoisotopic (exact) mass is 321 g/mol. The highest BCUT2D eigenvalue weighted by Crippen LogP contribution is 2.39. The fourth-order valence-electron chi connectivity index (χ4n) is 2.29. The van der Waals surface area contributed by atoms with Gasteiger partial charge in [-0.25, -0.2) is 0 Å². The van der Waals surface area contributed by atoms with Crippen LogP contribution in [0.3, 0.4) is 0 Å². The highest BCUT2D eigenvalue weighted by atomic mass is 19.4. The van der Waals surface area contributed by atoms with E-state index in [1.165, 1.54) is 0 Å². The molecule has 0 aliphatic rings. The summed E-state index contributed by atoms with van der Waals surface area (Å²) in [4.78, 5) is 0. The summed E-state index contributed by atoms with van der Waals surface area (Å²) >= 11 is 0. The van der Waals surface area contributed by atoms with Crippen LogP contribution in [0, 0.1) is 25.3 Å². The van der Waals surface area contributed by atoms with Crippen LogP contribution < -0.4 is 4.74 Å². The molecule has 0 N–H and O–H groups in total. The van der Waals surface area contributed by atoms with Gasteiger partial charge in [-0.3, -0.25) is 0 Å². The fourth-order valence-corrected chi connectivity index (χ4v) is 2.29. The SMILES string of the molecule is Cc1cccc(C)c1-c1[c]cccc1OCC(C)(C)C(F)(F)F. The van der Waals surface area contributed by atoms with Gasteiger partial charge in [-0.15, -0.1) is 0 Å². The normalized spacial score (nSPS) is 12.3. The highest BCUT2D eigenvalue weighted by Gasteiger charge is 2.48. The molecule has 0 amide bonds. The number of hydrogen-bond donors (Lipinski definition) is 0. The molecular weight excluding hydrogens is 301 g/mol. The van der Waals surface area contributed by atoms with Gasteiger partial charge in [0.2, 0.25) is 0 Å². The van der Waals surface area contributed by atoms with Crippen LogP contribution in [0.25, 0.3) is 11.1 Å². The third-order valence-corrected chi connectivity index (χ3v) is 3.90. The summed E-state index contributed by atoms with van der Waals surface area (Å²) in [5.74, 6) is 0.419. The summed E-state index contributed by atoms with van der Waals surface area (Å²) in [5, 5.41) is 0. The Labute approximate surface area is 135 Å². The summed E-state index contributed by atoms with van der Waals surface area (Å²) in [6.45, 7) is 5.77. The molecule has 0 aliphatic heterocycles. The first-order chi connectivity index (χ1) is 10.6. The largest absolute Gasteiger partial charge is 0.492 e. The average molecular weight is 321 g/mol. The zero-order valence-corrected chi connectivity index (χ0v) is 13.7. The van der Waals surface area contributed by atoms with E-state index in [0.717, 1.165) is 30.5 Å². The Morgan fingerprint density at radius 2 is 1.61 bits per heavy atom. The molecule has 1 nitrogen and oxygen atoms in total. The van der Waals surface area contributed by atoms with E-state index in [1.807, 2.05) is 32.0 Å². The fraction of sp³-hybridized carbons (Fsp3) is 0.368. The van der Waals surface area contributed by atoms with E-state index in [1.54, 1.807) is 18.2 Å². The van der Waals surface area contributed by atoms with Crippen LogP contribution in [0.2, 0.25) is 0 Å². The van der Waals surface area contributed by atoms with Gasteiger partial charge in [-0.1, -0.05) is 30.3 Å². The van der Waals surface area contributed by atoms with Crippen molar-refractivity contribution in [2.24, 2.45) is 5.41 Å². The molecule has 0 saturated carbocycles. The zero-order valence-electron chi connectivity index (χ0n) is 13.7. The van der Waals surface area contributed by atoms with Gasteiger partial charge < -0.3 is 4.74 Å². The molecule has 23 heavy (non-hydrogen) atoms. The Hall–Kier alpha value is -1.97. The van der Waals surface area contributed by atoms with Crippen LogP contribution in [-0.2, 0) is 0 Å². The van der Waals surface area contributed by atoms with Gasteiger partial charge in [0.05, 0.1) is 5.41 Å². The second-order valence-corrected chi connectivity index (χ2v) is 6.35. The van der Waals surface area contributed by atoms with E-state index in [9.17, 15) is 13.2 Å². The van der Waals surface area contributed by atoms with Crippen molar-refractivity contribution in [2.45, 2.75) is 33.9 Å². The molecule has 0 atom stereocenters. The second kappa shape index (κ2) is 6.26. The first-order valence-electron chi connectivity index (χ1n) is 7.40. The summed E-state index contributed by atoms with van der Waals surface area (Å²) in [5.41, 5.74) is 1.80. The maximum Gasteiger partial charge on any atom is 0.397 e. The topological polar surface area (TPSA) is 9.23 Å². The lowest BCUT2D eigenvalue weighted by molar-refractivity contribution is -0.219. The number of rotatable bonds is 4. The maximum absolute atomic E-state index is 13.0. The van der Waals surface area contributed by atoms with Gasteiger partial charge in [0.15, 0.2) is 0 Å². The Morgan fingerprint density at radius 3 is 2.17 bits per heavy atom. The number of aryl methyl sites for hydroxylation is 2. The molecule has 0 saturated heterocycles. The Balaban J connectivity index is 2.36. The van der Waals surface area contributed by atoms with Crippen LogP contribution in [-0.4, -0.2) is 12.8 Å². The Bertz CT molecular complexity index is 667. The van der Waals surface area contributed by atoms with Crippen LogP contribution >= 0.6 is 0 Å². The maximum atomic E-state index is 13.0. The number of hydrogen-bond acceptors (Lipinski definition) is 1. The third-order valence-electron chi connectivity index (χ3n) is 3.90. The minimum absolute atomic E-state index is 0.419. The van der Waals surface area contributed by atoms with Crippen LogP contribution in [0.5, 0.6) is 5.75 Å². The minimum Gasteiger partial charge on any atom is -0.492 e. The zero-order chi connectivity index (χ0) is 17.3. The van der Waals surface area contributed by atoms with E-state index >= 15 is 0 Å². The molecule has 0 heterocycles. The third kappa shape index (κ3) is 3.69. The molecule has 0 bridgehead atoms. The molecule has 0 fully saturated rings. The van der Waals surface area contributed by atoms with Crippen molar-refractivity contribution in [1.82, 2.24) is 0 Å². The van der Waals surface area contributed by atoms with Crippen molar-refractivity contribution < 1.29 is 17.9 Å². The van der Waals surface area contributed by atoms with Gasteiger partial charge in [0, 0.05) is 5.56 Å².